The zero-order valence-corrected chi connectivity index (χ0v) is 19.7. The zero-order chi connectivity index (χ0) is 25.3. The molecule has 1 unspecified atom stereocenters. The van der Waals surface area contributed by atoms with E-state index in [1.54, 1.807) is 36.4 Å². The number of hydrogen-bond donors (Lipinski definition) is 1. The van der Waals surface area contributed by atoms with Crippen LogP contribution in [0.15, 0.2) is 72.8 Å². The van der Waals surface area contributed by atoms with Crippen LogP contribution >= 0.6 is 0 Å². The van der Waals surface area contributed by atoms with Gasteiger partial charge >= 0.3 is 6.18 Å². The molecule has 1 amide bonds. The molecule has 3 aromatic carbocycles. The predicted octanol–water partition coefficient (Wildman–Crippen LogP) is 7.47. The lowest BCUT2D eigenvalue weighted by Gasteiger charge is -2.20. The number of unbranched alkanes of at least 4 members (excludes halogenated alkanes) is 3. The summed E-state index contributed by atoms with van der Waals surface area (Å²) < 4.78 is 50.1. The first-order valence-electron chi connectivity index (χ1n) is 11.7. The Labute approximate surface area is 203 Å². The lowest BCUT2D eigenvalue weighted by Crippen LogP contribution is -2.12. The quantitative estimate of drug-likeness (QED) is 0.271. The Balaban J connectivity index is 1.62. The van der Waals surface area contributed by atoms with Crippen molar-refractivity contribution in [3.63, 3.8) is 0 Å². The highest BCUT2D eigenvalue weighted by Gasteiger charge is 2.29. The minimum absolute atomic E-state index is 0.157. The molecule has 0 saturated heterocycles. The Hall–Kier alpha value is -3.48. The third-order valence-corrected chi connectivity index (χ3v) is 5.68. The van der Waals surface area contributed by atoms with Gasteiger partial charge in [0, 0.05) is 5.56 Å². The number of carbonyl (C=O) groups is 1. The summed E-state index contributed by atoms with van der Waals surface area (Å²) in [5, 5.41) is 0. The van der Waals surface area contributed by atoms with Gasteiger partial charge in [0.05, 0.1) is 5.56 Å². The Morgan fingerprint density at radius 3 is 2.06 bits per heavy atom. The fourth-order valence-corrected chi connectivity index (χ4v) is 3.65. The molecular formula is C28H30F3NO3. The van der Waals surface area contributed by atoms with Gasteiger partial charge in [0.1, 0.15) is 24.2 Å². The van der Waals surface area contributed by atoms with E-state index in [2.05, 4.69) is 6.92 Å². The number of alkyl halides is 3. The highest BCUT2D eigenvalue weighted by atomic mass is 19.4. The lowest BCUT2D eigenvalue weighted by molar-refractivity contribution is -0.137. The van der Waals surface area contributed by atoms with Crippen molar-refractivity contribution in [2.45, 2.75) is 57.9 Å². The SMILES string of the molecule is CCCCCCC(Oc1ccc(OCc2ccc(C(F)(F)F)cc2)cc1)c1ccc(C(N)=O)cc1. The Morgan fingerprint density at radius 2 is 1.49 bits per heavy atom. The minimum atomic E-state index is -4.35. The number of primary amides is 1. The van der Waals surface area contributed by atoms with Gasteiger partial charge < -0.3 is 15.2 Å². The number of carbonyl (C=O) groups excluding carboxylic acids is 1. The second-order valence-corrected chi connectivity index (χ2v) is 8.40. The highest BCUT2D eigenvalue weighted by Crippen LogP contribution is 2.30. The van der Waals surface area contributed by atoms with Crippen molar-refractivity contribution in [2.75, 3.05) is 0 Å². The summed E-state index contributed by atoms with van der Waals surface area (Å²) in [5.74, 6) is 0.790. The van der Waals surface area contributed by atoms with Crippen molar-refractivity contribution in [3.05, 3.63) is 95.1 Å². The molecule has 0 heterocycles. The number of amides is 1. The van der Waals surface area contributed by atoms with Crippen LogP contribution in [0.4, 0.5) is 13.2 Å². The van der Waals surface area contributed by atoms with Gasteiger partial charge in [-0.15, -0.1) is 0 Å². The van der Waals surface area contributed by atoms with Gasteiger partial charge in [0.25, 0.3) is 0 Å². The number of rotatable bonds is 12. The normalized spacial score (nSPS) is 12.2. The molecular weight excluding hydrogens is 455 g/mol. The van der Waals surface area contributed by atoms with Crippen LogP contribution in [0.5, 0.6) is 11.5 Å². The molecule has 0 radical (unpaired) electrons. The largest absolute Gasteiger partial charge is 0.489 e. The number of hydrogen-bond acceptors (Lipinski definition) is 3. The minimum Gasteiger partial charge on any atom is -0.489 e. The number of benzene rings is 3. The van der Waals surface area contributed by atoms with Crippen molar-refractivity contribution in [1.82, 2.24) is 0 Å². The van der Waals surface area contributed by atoms with Gasteiger partial charge in [-0.2, -0.15) is 13.2 Å². The topological polar surface area (TPSA) is 61.6 Å². The van der Waals surface area contributed by atoms with Gasteiger partial charge in [0.15, 0.2) is 0 Å². The number of halogens is 3. The standard InChI is InChI=1S/C28H30F3NO3/c1-2-3-4-5-6-26(21-9-11-22(12-10-21)27(32)33)35-25-17-15-24(16-18-25)34-19-20-7-13-23(14-8-20)28(29,30)31/h7-18,26H,2-6,19H2,1H3,(H2,32,33). The van der Waals surface area contributed by atoms with Gasteiger partial charge in [-0.05, 0) is 72.5 Å². The van der Waals surface area contributed by atoms with Crippen LogP contribution in [-0.4, -0.2) is 5.91 Å². The van der Waals surface area contributed by atoms with Crippen LogP contribution in [-0.2, 0) is 12.8 Å². The maximum Gasteiger partial charge on any atom is 0.416 e. The molecule has 0 fully saturated rings. The molecule has 0 aliphatic rings. The van der Waals surface area contributed by atoms with E-state index in [0.717, 1.165) is 49.8 Å². The summed E-state index contributed by atoms with van der Waals surface area (Å²) in [6.45, 7) is 2.32. The van der Waals surface area contributed by atoms with Crippen LogP contribution < -0.4 is 15.2 Å². The molecule has 3 rings (SSSR count). The van der Waals surface area contributed by atoms with Crippen molar-refractivity contribution in [1.29, 1.82) is 0 Å². The van der Waals surface area contributed by atoms with E-state index in [4.69, 9.17) is 15.2 Å². The van der Waals surface area contributed by atoms with E-state index in [0.29, 0.717) is 22.6 Å². The summed E-state index contributed by atoms with van der Waals surface area (Å²) in [5.41, 5.74) is 6.73. The number of nitrogens with two attached hydrogens (primary N) is 1. The third-order valence-electron chi connectivity index (χ3n) is 5.68. The molecule has 35 heavy (non-hydrogen) atoms. The van der Waals surface area contributed by atoms with Crippen LogP contribution in [0.3, 0.4) is 0 Å². The van der Waals surface area contributed by atoms with Gasteiger partial charge in [-0.3, -0.25) is 4.79 Å². The van der Waals surface area contributed by atoms with E-state index in [1.807, 2.05) is 12.1 Å². The summed E-state index contributed by atoms with van der Waals surface area (Å²) in [4.78, 5) is 11.4. The fourth-order valence-electron chi connectivity index (χ4n) is 3.65. The first-order chi connectivity index (χ1) is 16.8. The lowest BCUT2D eigenvalue weighted by atomic mass is 10.0. The average Bonchev–Trinajstić information content (AvgIpc) is 2.85. The Kier molecular flexibility index (Phi) is 9.18. The molecule has 7 heteroatoms. The number of ether oxygens (including phenoxy) is 2. The highest BCUT2D eigenvalue weighted by molar-refractivity contribution is 5.92. The molecule has 0 saturated carbocycles. The smallest absolute Gasteiger partial charge is 0.416 e. The molecule has 186 valence electrons. The van der Waals surface area contributed by atoms with Gasteiger partial charge in [-0.25, -0.2) is 0 Å². The second kappa shape index (κ2) is 12.3. The maximum atomic E-state index is 12.7. The van der Waals surface area contributed by atoms with Gasteiger partial charge in [0.2, 0.25) is 5.91 Å². The maximum absolute atomic E-state index is 12.7. The van der Waals surface area contributed by atoms with Crippen molar-refractivity contribution >= 4 is 5.91 Å². The van der Waals surface area contributed by atoms with Crippen LogP contribution in [0, 0.1) is 0 Å². The monoisotopic (exact) mass is 485 g/mol. The first kappa shape index (κ1) is 26.1. The van der Waals surface area contributed by atoms with E-state index < -0.39 is 17.6 Å². The predicted molar refractivity (Wildman–Crippen MR) is 129 cm³/mol. The van der Waals surface area contributed by atoms with E-state index in [-0.39, 0.29) is 12.7 Å². The second-order valence-electron chi connectivity index (χ2n) is 8.40. The molecule has 1 atom stereocenters. The van der Waals surface area contributed by atoms with E-state index in [9.17, 15) is 18.0 Å². The Bertz CT molecular complexity index is 1060. The van der Waals surface area contributed by atoms with Crippen molar-refractivity contribution in [2.24, 2.45) is 5.73 Å². The van der Waals surface area contributed by atoms with Crippen LogP contribution in [0.1, 0.15) is 72.2 Å². The molecule has 0 aliphatic carbocycles. The van der Waals surface area contributed by atoms with Crippen molar-refractivity contribution in [3.8, 4) is 11.5 Å². The molecule has 0 aliphatic heterocycles. The summed E-state index contributed by atoms with van der Waals surface area (Å²) in [7, 11) is 0. The van der Waals surface area contributed by atoms with Crippen LogP contribution in [0.2, 0.25) is 0 Å². The third kappa shape index (κ3) is 8.05. The fraction of sp³-hybridized carbons (Fsp3) is 0.321. The first-order valence-corrected chi connectivity index (χ1v) is 11.7. The Morgan fingerprint density at radius 1 is 0.857 bits per heavy atom. The zero-order valence-electron chi connectivity index (χ0n) is 19.7. The van der Waals surface area contributed by atoms with Crippen molar-refractivity contribution < 1.29 is 27.4 Å². The van der Waals surface area contributed by atoms with E-state index >= 15 is 0 Å². The molecule has 0 aromatic heterocycles. The summed E-state index contributed by atoms with van der Waals surface area (Å²) >= 11 is 0. The molecule has 2 N–H and O–H groups in total. The summed E-state index contributed by atoms with van der Waals surface area (Å²) in [6.07, 6.45) is 0.754. The molecule has 0 spiro atoms. The van der Waals surface area contributed by atoms with Crippen LogP contribution in [0.25, 0.3) is 0 Å². The molecule has 0 bridgehead atoms. The summed E-state index contributed by atoms with van der Waals surface area (Å²) in [6, 6.07) is 19.2. The molecule has 4 nitrogen and oxygen atoms in total. The average molecular weight is 486 g/mol. The molecule has 3 aromatic rings. The van der Waals surface area contributed by atoms with E-state index in [1.165, 1.54) is 12.1 Å². The van der Waals surface area contributed by atoms with Gasteiger partial charge in [-0.1, -0.05) is 50.5 Å².